The molecule has 0 amide bonds. The lowest BCUT2D eigenvalue weighted by Gasteiger charge is -2.42. The van der Waals surface area contributed by atoms with E-state index in [4.69, 9.17) is 4.43 Å². The van der Waals surface area contributed by atoms with Crippen molar-refractivity contribution < 1.29 is 9.53 Å². The minimum atomic E-state index is -1.79. The maximum atomic E-state index is 10.4. The third-order valence-electron chi connectivity index (χ3n) is 4.23. The fourth-order valence-electron chi connectivity index (χ4n) is 1.99. The fourth-order valence-corrected chi connectivity index (χ4v) is 3.80. The normalized spacial score (nSPS) is 26.1. The van der Waals surface area contributed by atoms with E-state index in [1.54, 1.807) is 0 Å². The summed E-state index contributed by atoms with van der Waals surface area (Å²) in [7, 11) is -1.79. The Bertz CT molecular complexity index is 307. The molecule has 0 fully saturated rings. The maximum Gasteiger partial charge on any atom is 0.192 e. The quantitative estimate of drug-likeness (QED) is 0.473. The van der Waals surface area contributed by atoms with Crippen LogP contribution in [0.25, 0.3) is 0 Å². The van der Waals surface area contributed by atoms with E-state index in [9.17, 15) is 5.11 Å². The van der Waals surface area contributed by atoms with Crippen molar-refractivity contribution in [3.63, 3.8) is 0 Å². The van der Waals surface area contributed by atoms with Crippen molar-refractivity contribution in [2.75, 3.05) is 5.33 Å². The molecule has 0 saturated carbocycles. The molecule has 0 aromatic heterocycles. The first-order valence-electron chi connectivity index (χ1n) is 6.80. The van der Waals surface area contributed by atoms with Crippen LogP contribution < -0.4 is 0 Å². The SMILES string of the molecule is CC(C)(C)[Si](C)(C)O[C@H]1CCC=C(CCBr)[C@@H]1O. The maximum absolute atomic E-state index is 10.4. The van der Waals surface area contributed by atoms with Crippen molar-refractivity contribution >= 4 is 24.2 Å². The summed E-state index contributed by atoms with van der Waals surface area (Å²) in [5.41, 5.74) is 1.14. The summed E-state index contributed by atoms with van der Waals surface area (Å²) in [4.78, 5) is 0. The van der Waals surface area contributed by atoms with Crippen LogP contribution in [0.3, 0.4) is 0 Å². The van der Waals surface area contributed by atoms with Gasteiger partial charge in [0.25, 0.3) is 0 Å². The molecule has 18 heavy (non-hydrogen) atoms. The molecule has 0 bridgehead atoms. The predicted octanol–water partition coefficient (Wildman–Crippen LogP) is 4.24. The van der Waals surface area contributed by atoms with Gasteiger partial charge in [-0.1, -0.05) is 42.8 Å². The molecule has 106 valence electrons. The second-order valence-electron chi connectivity index (χ2n) is 6.66. The van der Waals surface area contributed by atoms with Crippen LogP contribution in [0.15, 0.2) is 11.6 Å². The van der Waals surface area contributed by atoms with Crippen LogP contribution >= 0.6 is 15.9 Å². The molecule has 0 aromatic rings. The lowest BCUT2D eigenvalue weighted by atomic mass is 9.92. The van der Waals surface area contributed by atoms with E-state index < -0.39 is 14.4 Å². The second kappa shape index (κ2) is 6.20. The average molecular weight is 335 g/mol. The molecule has 2 nitrogen and oxygen atoms in total. The summed E-state index contributed by atoms with van der Waals surface area (Å²) >= 11 is 3.44. The van der Waals surface area contributed by atoms with Crippen molar-refractivity contribution in [2.24, 2.45) is 0 Å². The second-order valence-corrected chi connectivity index (χ2v) is 12.2. The van der Waals surface area contributed by atoms with Gasteiger partial charge < -0.3 is 9.53 Å². The van der Waals surface area contributed by atoms with Gasteiger partial charge in [0.15, 0.2) is 8.32 Å². The predicted molar refractivity (Wildman–Crippen MR) is 83.8 cm³/mol. The van der Waals surface area contributed by atoms with Crippen molar-refractivity contribution in [3.05, 3.63) is 11.6 Å². The Morgan fingerprint density at radius 3 is 2.56 bits per heavy atom. The van der Waals surface area contributed by atoms with E-state index in [0.717, 1.165) is 30.2 Å². The number of rotatable bonds is 4. The Hall–Kier alpha value is 0.357. The van der Waals surface area contributed by atoms with Gasteiger partial charge in [0.05, 0.1) is 12.2 Å². The van der Waals surface area contributed by atoms with E-state index in [1.807, 2.05) is 0 Å². The van der Waals surface area contributed by atoms with E-state index in [2.05, 4.69) is 55.9 Å². The number of hydrogen-bond donors (Lipinski definition) is 1. The summed E-state index contributed by atoms with van der Waals surface area (Å²) in [6.07, 6.45) is 4.64. The number of hydrogen-bond acceptors (Lipinski definition) is 2. The number of aliphatic hydroxyl groups is 1. The molecule has 1 aliphatic rings. The highest BCUT2D eigenvalue weighted by atomic mass is 79.9. The summed E-state index contributed by atoms with van der Waals surface area (Å²) < 4.78 is 6.36. The minimum absolute atomic E-state index is 0.00931. The van der Waals surface area contributed by atoms with Gasteiger partial charge in [-0.2, -0.15) is 0 Å². The summed E-state index contributed by atoms with van der Waals surface area (Å²) in [5.74, 6) is 0. The van der Waals surface area contributed by atoms with E-state index in [0.29, 0.717) is 0 Å². The van der Waals surface area contributed by atoms with Gasteiger partial charge in [0.2, 0.25) is 0 Å². The fraction of sp³-hybridized carbons (Fsp3) is 0.857. The number of aliphatic hydroxyl groups excluding tert-OH is 1. The first-order valence-corrected chi connectivity index (χ1v) is 10.8. The highest BCUT2D eigenvalue weighted by Crippen LogP contribution is 2.39. The highest BCUT2D eigenvalue weighted by molar-refractivity contribution is 9.09. The molecular weight excluding hydrogens is 308 g/mol. The van der Waals surface area contributed by atoms with Crippen molar-refractivity contribution in [3.8, 4) is 0 Å². The van der Waals surface area contributed by atoms with Gasteiger partial charge in [-0.25, -0.2) is 0 Å². The molecule has 1 rings (SSSR count). The van der Waals surface area contributed by atoms with Gasteiger partial charge in [-0.3, -0.25) is 0 Å². The standard InChI is InChI=1S/C14H27BrO2Si/c1-14(2,3)18(4,5)17-12-8-6-7-11(9-10-15)13(12)16/h7,12-13,16H,6,8-10H2,1-5H3/t12-,13-/m0/s1. The van der Waals surface area contributed by atoms with E-state index >= 15 is 0 Å². The van der Waals surface area contributed by atoms with Gasteiger partial charge in [0, 0.05) is 5.33 Å². The largest absolute Gasteiger partial charge is 0.411 e. The molecule has 0 aromatic carbocycles. The average Bonchev–Trinajstić information content (AvgIpc) is 2.22. The molecule has 2 atom stereocenters. The summed E-state index contributed by atoms with van der Waals surface area (Å²) in [6.45, 7) is 11.2. The van der Waals surface area contributed by atoms with Crippen molar-refractivity contribution in [1.82, 2.24) is 0 Å². The minimum Gasteiger partial charge on any atom is -0.411 e. The summed E-state index contributed by atoms with van der Waals surface area (Å²) in [5, 5.41) is 11.5. The zero-order valence-electron chi connectivity index (χ0n) is 12.3. The number of halogens is 1. The number of alkyl halides is 1. The lowest BCUT2D eigenvalue weighted by Crippen LogP contribution is -2.48. The number of allylic oxidation sites excluding steroid dienone is 1. The molecule has 0 unspecified atom stereocenters. The van der Waals surface area contributed by atoms with E-state index in [1.165, 1.54) is 0 Å². The van der Waals surface area contributed by atoms with Gasteiger partial charge in [0.1, 0.15) is 0 Å². The van der Waals surface area contributed by atoms with Gasteiger partial charge in [-0.05, 0) is 43.0 Å². The zero-order chi connectivity index (χ0) is 14.0. The molecule has 0 aliphatic heterocycles. The Morgan fingerprint density at radius 2 is 2.06 bits per heavy atom. The van der Waals surface area contributed by atoms with Crippen LogP contribution in [0, 0.1) is 0 Å². The Balaban J connectivity index is 2.72. The Kier molecular flexibility index (Phi) is 5.66. The lowest BCUT2D eigenvalue weighted by molar-refractivity contribution is 0.0378. The molecule has 4 heteroatoms. The van der Waals surface area contributed by atoms with Crippen LogP contribution in [-0.2, 0) is 4.43 Å². The Morgan fingerprint density at radius 1 is 1.44 bits per heavy atom. The molecule has 1 aliphatic carbocycles. The first kappa shape index (κ1) is 16.4. The zero-order valence-corrected chi connectivity index (χ0v) is 14.9. The first-order chi connectivity index (χ1) is 8.19. The topological polar surface area (TPSA) is 29.5 Å². The molecule has 0 heterocycles. The molecule has 0 radical (unpaired) electrons. The van der Waals surface area contributed by atoms with Crippen molar-refractivity contribution in [1.29, 1.82) is 0 Å². The molecule has 1 N–H and O–H groups in total. The smallest absolute Gasteiger partial charge is 0.192 e. The summed E-state index contributed by atoms with van der Waals surface area (Å²) in [6, 6.07) is 0. The Labute approximate surface area is 121 Å². The van der Waals surface area contributed by atoms with Crippen molar-refractivity contribution in [2.45, 2.75) is 70.4 Å². The van der Waals surface area contributed by atoms with Crippen LogP contribution in [0.1, 0.15) is 40.0 Å². The molecule has 0 spiro atoms. The van der Waals surface area contributed by atoms with Crippen LogP contribution in [0.5, 0.6) is 0 Å². The van der Waals surface area contributed by atoms with E-state index in [-0.39, 0.29) is 11.1 Å². The third-order valence-corrected chi connectivity index (χ3v) is 9.13. The van der Waals surface area contributed by atoms with Crippen LogP contribution in [0.2, 0.25) is 18.1 Å². The van der Waals surface area contributed by atoms with Crippen LogP contribution in [0.4, 0.5) is 0 Å². The van der Waals surface area contributed by atoms with Gasteiger partial charge >= 0.3 is 0 Å². The monoisotopic (exact) mass is 334 g/mol. The highest BCUT2D eigenvalue weighted by Gasteiger charge is 2.41. The third kappa shape index (κ3) is 3.92. The van der Waals surface area contributed by atoms with Crippen LogP contribution in [-0.4, -0.2) is 31.0 Å². The molecule has 0 saturated heterocycles. The molecular formula is C14H27BrO2Si. The van der Waals surface area contributed by atoms with Gasteiger partial charge in [-0.15, -0.1) is 0 Å².